The highest BCUT2D eigenvalue weighted by Crippen LogP contribution is 2.44. The fraction of sp³-hybridized carbons (Fsp3) is 0.846. The first kappa shape index (κ1) is 11.8. The lowest BCUT2D eigenvalue weighted by Gasteiger charge is -2.33. The standard InChI is InChI=1S/C13H25N/c1-6-7-8-13(3)10-11(2)9-12(13)14(4)5/h7-8,11-12H,6,9-10H2,1-5H3/b8-7-. The molecule has 1 aliphatic carbocycles. The second-order valence-electron chi connectivity index (χ2n) is 5.34. The SMILES string of the molecule is CC/C=C\C1(C)CC(C)CC1N(C)C. The van der Waals surface area contributed by atoms with Crippen LogP contribution < -0.4 is 0 Å². The van der Waals surface area contributed by atoms with E-state index in [1.54, 1.807) is 0 Å². The monoisotopic (exact) mass is 195 g/mol. The Morgan fingerprint density at radius 1 is 1.43 bits per heavy atom. The molecule has 0 aromatic heterocycles. The van der Waals surface area contributed by atoms with Gasteiger partial charge in [-0.25, -0.2) is 0 Å². The van der Waals surface area contributed by atoms with Gasteiger partial charge >= 0.3 is 0 Å². The van der Waals surface area contributed by atoms with Crippen LogP contribution in [-0.4, -0.2) is 25.0 Å². The zero-order valence-corrected chi connectivity index (χ0v) is 10.4. The maximum absolute atomic E-state index is 2.45. The van der Waals surface area contributed by atoms with Crippen LogP contribution in [0.25, 0.3) is 0 Å². The molecule has 0 saturated heterocycles. The number of allylic oxidation sites excluding steroid dienone is 1. The molecule has 1 rings (SSSR count). The van der Waals surface area contributed by atoms with Crippen molar-refractivity contribution >= 4 is 0 Å². The zero-order chi connectivity index (χ0) is 10.8. The van der Waals surface area contributed by atoms with Crippen LogP contribution in [0.15, 0.2) is 12.2 Å². The van der Waals surface area contributed by atoms with E-state index in [1.165, 1.54) is 12.8 Å². The van der Waals surface area contributed by atoms with E-state index >= 15 is 0 Å². The predicted molar refractivity (Wildman–Crippen MR) is 63.4 cm³/mol. The highest BCUT2D eigenvalue weighted by atomic mass is 15.1. The van der Waals surface area contributed by atoms with E-state index in [0.29, 0.717) is 5.41 Å². The fourth-order valence-corrected chi connectivity index (χ4v) is 2.99. The van der Waals surface area contributed by atoms with Crippen LogP contribution in [0, 0.1) is 11.3 Å². The summed E-state index contributed by atoms with van der Waals surface area (Å²) >= 11 is 0. The fourth-order valence-electron chi connectivity index (χ4n) is 2.99. The lowest BCUT2D eigenvalue weighted by atomic mass is 9.83. The van der Waals surface area contributed by atoms with E-state index in [-0.39, 0.29) is 0 Å². The maximum Gasteiger partial charge on any atom is 0.0180 e. The van der Waals surface area contributed by atoms with Gasteiger partial charge in [0.15, 0.2) is 0 Å². The third-order valence-corrected chi connectivity index (χ3v) is 3.53. The molecule has 3 unspecified atom stereocenters. The summed E-state index contributed by atoms with van der Waals surface area (Å²) in [5, 5.41) is 0. The minimum absolute atomic E-state index is 0.402. The van der Waals surface area contributed by atoms with Crippen molar-refractivity contribution < 1.29 is 0 Å². The van der Waals surface area contributed by atoms with Gasteiger partial charge in [-0.15, -0.1) is 0 Å². The third kappa shape index (κ3) is 2.38. The molecule has 0 spiro atoms. The smallest absolute Gasteiger partial charge is 0.0180 e. The Kier molecular flexibility index (Phi) is 3.77. The molecule has 0 amide bonds. The molecular formula is C13H25N. The quantitative estimate of drug-likeness (QED) is 0.624. The molecule has 0 radical (unpaired) electrons. The molecule has 1 aliphatic rings. The highest BCUT2D eigenvalue weighted by molar-refractivity contribution is 5.08. The van der Waals surface area contributed by atoms with Crippen LogP contribution >= 0.6 is 0 Å². The average Bonchev–Trinajstić information content (AvgIpc) is 2.39. The zero-order valence-electron chi connectivity index (χ0n) is 10.4. The molecule has 1 fully saturated rings. The normalized spacial score (nSPS) is 38.7. The van der Waals surface area contributed by atoms with Gasteiger partial charge in [0.05, 0.1) is 0 Å². The summed E-state index contributed by atoms with van der Waals surface area (Å²) in [6.07, 6.45) is 8.61. The molecule has 82 valence electrons. The molecule has 0 bridgehead atoms. The van der Waals surface area contributed by atoms with Gasteiger partial charge in [-0.2, -0.15) is 0 Å². The van der Waals surface area contributed by atoms with Crippen molar-refractivity contribution in [3.63, 3.8) is 0 Å². The molecule has 1 saturated carbocycles. The Morgan fingerprint density at radius 2 is 2.07 bits per heavy atom. The Morgan fingerprint density at radius 3 is 2.57 bits per heavy atom. The Bertz CT molecular complexity index is 207. The van der Waals surface area contributed by atoms with Crippen molar-refractivity contribution in [1.82, 2.24) is 4.90 Å². The van der Waals surface area contributed by atoms with Gasteiger partial charge in [0.1, 0.15) is 0 Å². The first-order valence-electron chi connectivity index (χ1n) is 5.83. The van der Waals surface area contributed by atoms with Crippen molar-refractivity contribution in [2.75, 3.05) is 14.1 Å². The van der Waals surface area contributed by atoms with Gasteiger partial charge in [0, 0.05) is 11.5 Å². The summed E-state index contributed by atoms with van der Waals surface area (Å²) < 4.78 is 0. The molecule has 3 atom stereocenters. The molecule has 0 aromatic carbocycles. The van der Waals surface area contributed by atoms with E-state index in [0.717, 1.165) is 18.4 Å². The molecule has 0 heterocycles. The van der Waals surface area contributed by atoms with E-state index in [1.807, 2.05) is 0 Å². The first-order chi connectivity index (χ1) is 6.49. The van der Waals surface area contributed by atoms with Gasteiger partial charge in [0.2, 0.25) is 0 Å². The van der Waals surface area contributed by atoms with Crippen LogP contribution in [0.1, 0.15) is 40.0 Å². The molecule has 0 aliphatic heterocycles. The molecule has 1 heteroatoms. The van der Waals surface area contributed by atoms with Crippen LogP contribution in [0.4, 0.5) is 0 Å². The summed E-state index contributed by atoms with van der Waals surface area (Å²) in [4.78, 5) is 2.39. The van der Waals surface area contributed by atoms with E-state index in [2.05, 4.69) is 51.9 Å². The number of hydrogen-bond acceptors (Lipinski definition) is 1. The van der Waals surface area contributed by atoms with Crippen LogP contribution in [-0.2, 0) is 0 Å². The Labute approximate surface area is 89.2 Å². The third-order valence-electron chi connectivity index (χ3n) is 3.53. The molecule has 0 aromatic rings. The second kappa shape index (κ2) is 4.48. The number of hydrogen-bond donors (Lipinski definition) is 0. The van der Waals surface area contributed by atoms with E-state index < -0.39 is 0 Å². The van der Waals surface area contributed by atoms with Gasteiger partial charge in [0.25, 0.3) is 0 Å². The lowest BCUT2D eigenvalue weighted by Crippen LogP contribution is -2.37. The average molecular weight is 195 g/mol. The van der Waals surface area contributed by atoms with Crippen molar-refractivity contribution in [3.8, 4) is 0 Å². The summed E-state index contributed by atoms with van der Waals surface area (Å²) in [7, 11) is 4.42. The minimum atomic E-state index is 0.402. The first-order valence-corrected chi connectivity index (χ1v) is 5.83. The van der Waals surface area contributed by atoms with Crippen LogP contribution in [0.2, 0.25) is 0 Å². The van der Waals surface area contributed by atoms with Crippen molar-refractivity contribution in [3.05, 3.63) is 12.2 Å². The maximum atomic E-state index is 2.45. The lowest BCUT2D eigenvalue weighted by molar-refractivity contribution is 0.194. The van der Waals surface area contributed by atoms with Crippen LogP contribution in [0.3, 0.4) is 0 Å². The molecule has 14 heavy (non-hydrogen) atoms. The summed E-state index contributed by atoms with van der Waals surface area (Å²) in [6.45, 7) is 7.00. The summed E-state index contributed by atoms with van der Waals surface area (Å²) in [5.74, 6) is 0.869. The summed E-state index contributed by atoms with van der Waals surface area (Å²) in [5.41, 5.74) is 0.402. The van der Waals surface area contributed by atoms with Crippen molar-refractivity contribution in [2.24, 2.45) is 11.3 Å². The predicted octanol–water partition coefficient (Wildman–Crippen LogP) is 3.32. The van der Waals surface area contributed by atoms with E-state index in [4.69, 9.17) is 0 Å². The highest BCUT2D eigenvalue weighted by Gasteiger charge is 2.41. The Hall–Kier alpha value is -0.300. The number of nitrogens with zero attached hydrogens (tertiary/aromatic N) is 1. The van der Waals surface area contributed by atoms with Gasteiger partial charge in [-0.3, -0.25) is 0 Å². The minimum Gasteiger partial charge on any atom is -0.306 e. The molecular weight excluding hydrogens is 170 g/mol. The molecule has 0 N–H and O–H groups in total. The second-order valence-corrected chi connectivity index (χ2v) is 5.34. The van der Waals surface area contributed by atoms with Gasteiger partial charge < -0.3 is 4.90 Å². The summed E-state index contributed by atoms with van der Waals surface area (Å²) in [6, 6.07) is 0.722. The van der Waals surface area contributed by atoms with Crippen molar-refractivity contribution in [1.29, 1.82) is 0 Å². The number of rotatable bonds is 3. The van der Waals surface area contributed by atoms with Gasteiger partial charge in [-0.1, -0.05) is 32.9 Å². The van der Waals surface area contributed by atoms with E-state index in [9.17, 15) is 0 Å². The van der Waals surface area contributed by atoms with Crippen molar-refractivity contribution in [2.45, 2.75) is 46.1 Å². The topological polar surface area (TPSA) is 3.24 Å². The Balaban J connectivity index is 2.78. The van der Waals surface area contributed by atoms with Crippen LogP contribution in [0.5, 0.6) is 0 Å². The molecule has 1 nitrogen and oxygen atoms in total. The van der Waals surface area contributed by atoms with Gasteiger partial charge in [-0.05, 0) is 39.3 Å². The largest absolute Gasteiger partial charge is 0.306 e.